The summed E-state index contributed by atoms with van der Waals surface area (Å²) < 4.78 is 24.3. The third-order valence-electron chi connectivity index (χ3n) is 5.27. The molecule has 3 rings (SSSR count). The summed E-state index contributed by atoms with van der Waals surface area (Å²) in [5.41, 5.74) is 6.16. The van der Waals surface area contributed by atoms with Gasteiger partial charge >= 0.3 is 0 Å². The maximum absolute atomic E-state index is 12.3. The Morgan fingerprint density at radius 3 is 2.46 bits per heavy atom. The average molecular weight is 373 g/mol. The molecule has 0 heterocycles. The lowest BCUT2D eigenvalue weighted by atomic mass is 9.84. The molecule has 1 amide bonds. The monoisotopic (exact) mass is 372 g/mol. The Labute approximate surface area is 149 Å². The summed E-state index contributed by atoms with van der Waals surface area (Å²) in [5.74, 6) is 0.874. The van der Waals surface area contributed by atoms with Gasteiger partial charge in [-0.25, -0.2) is 8.42 Å². The first-order chi connectivity index (χ1) is 11.0. The Morgan fingerprint density at radius 1 is 1.17 bits per heavy atom. The molecular weight excluding hydrogens is 348 g/mol. The Bertz CT molecular complexity index is 664. The second-order valence-corrected chi connectivity index (χ2v) is 8.82. The second-order valence-electron chi connectivity index (χ2n) is 6.71. The van der Waals surface area contributed by atoms with E-state index >= 15 is 0 Å². The summed E-state index contributed by atoms with van der Waals surface area (Å²) in [6, 6.07) is 8.39. The number of benzene rings is 1. The molecular formula is C17H25ClN2O3S. The van der Waals surface area contributed by atoms with Crippen molar-refractivity contribution in [2.75, 3.05) is 12.3 Å². The molecule has 0 spiro atoms. The third kappa shape index (κ3) is 3.92. The van der Waals surface area contributed by atoms with Crippen molar-refractivity contribution in [3.05, 3.63) is 30.3 Å². The van der Waals surface area contributed by atoms with Gasteiger partial charge in [-0.05, 0) is 49.7 Å². The van der Waals surface area contributed by atoms with Crippen LogP contribution in [0, 0.1) is 17.8 Å². The number of hydrogen-bond donors (Lipinski definition) is 2. The molecule has 134 valence electrons. The van der Waals surface area contributed by atoms with Crippen LogP contribution in [0.25, 0.3) is 0 Å². The molecule has 2 saturated carbocycles. The molecule has 0 aromatic heterocycles. The van der Waals surface area contributed by atoms with Gasteiger partial charge in [0.15, 0.2) is 9.84 Å². The van der Waals surface area contributed by atoms with E-state index in [4.69, 9.17) is 5.73 Å². The molecule has 3 N–H and O–H groups in total. The topological polar surface area (TPSA) is 89.3 Å². The number of carbonyl (C=O) groups is 1. The van der Waals surface area contributed by atoms with Gasteiger partial charge in [-0.3, -0.25) is 4.79 Å². The normalized spacial score (nSPS) is 28.4. The van der Waals surface area contributed by atoms with Gasteiger partial charge in [-0.2, -0.15) is 0 Å². The standard InChI is InChI=1S/C17H24N2O3S.ClH/c18-16-13-8-7-12(11-13)15(16)17(20)19-9-4-10-23(21,22)14-5-2-1-3-6-14;/h1-3,5-6,12-13,15-16H,4,7-11,18H2,(H,19,20);1H. The smallest absolute Gasteiger partial charge is 0.224 e. The zero-order chi connectivity index (χ0) is 16.4. The molecule has 0 radical (unpaired) electrons. The van der Waals surface area contributed by atoms with E-state index < -0.39 is 9.84 Å². The predicted molar refractivity (Wildman–Crippen MR) is 95.7 cm³/mol. The lowest BCUT2D eigenvalue weighted by Crippen LogP contribution is -2.45. The first-order valence-corrected chi connectivity index (χ1v) is 9.95. The minimum absolute atomic E-state index is 0. The lowest BCUT2D eigenvalue weighted by molar-refractivity contribution is -0.127. The van der Waals surface area contributed by atoms with Crippen molar-refractivity contribution in [1.82, 2.24) is 5.32 Å². The second kappa shape index (κ2) is 7.85. The van der Waals surface area contributed by atoms with Crippen molar-refractivity contribution in [2.45, 2.75) is 36.6 Å². The van der Waals surface area contributed by atoms with Crippen molar-refractivity contribution in [1.29, 1.82) is 0 Å². The van der Waals surface area contributed by atoms with Crippen molar-refractivity contribution < 1.29 is 13.2 Å². The number of halogens is 1. The molecule has 2 aliphatic carbocycles. The van der Waals surface area contributed by atoms with E-state index in [9.17, 15) is 13.2 Å². The summed E-state index contributed by atoms with van der Waals surface area (Å²) in [7, 11) is -3.27. The van der Waals surface area contributed by atoms with Gasteiger partial charge in [0, 0.05) is 12.6 Å². The largest absolute Gasteiger partial charge is 0.356 e. The number of nitrogens with two attached hydrogens (primary N) is 1. The van der Waals surface area contributed by atoms with E-state index in [1.54, 1.807) is 30.3 Å². The summed E-state index contributed by atoms with van der Waals surface area (Å²) >= 11 is 0. The van der Waals surface area contributed by atoms with Crippen molar-refractivity contribution in [2.24, 2.45) is 23.5 Å². The number of carbonyl (C=O) groups excluding carboxylic acids is 1. The molecule has 24 heavy (non-hydrogen) atoms. The van der Waals surface area contributed by atoms with Crippen LogP contribution in [0.5, 0.6) is 0 Å². The van der Waals surface area contributed by atoms with Crippen LogP contribution in [0.2, 0.25) is 0 Å². The fourth-order valence-electron chi connectivity index (χ4n) is 4.06. The molecule has 0 aliphatic heterocycles. The zero-order valence-electron chi connectivity index (χ0n) is 13.6. The van der Waals surface area contributed by atoms with Gasteiger partial charge in [-0.15, -0.1) is 12.4 Å². The highest BCUT2D eigenvalue weighted by molar-refractivity contribution is 7.91. The molecule has 2 bridgehead atoms. The number of rotatable bonds is 6. The molecule has 4 unspecified atom stereocenters. The Balaban J connectivity index is 0.00000208. The van der Waals surface area contributed by atoms with Gasteiger partial charge in [0.2, 0.25) is 5.91 Å². The number of sulfone groups is 1. The van der Waals surface area contributed by atoms with Gasteiger partial charge in [0.05, 0.1) is 16.6 Å². The highest BCUT2D eigenvalue weighted by Crippen LogP contribution is 2.47. The van der Waals surface area contributed by atoms with E-state index in [1.807, 2.05) is 0 Å². The molecule has 1 aromatic carbocycles. The van der Waals surface area contributed by atoms with Gasteiger partial charge < -0.3 is 11.1 Å². The fraction of sp³-hybridized carbons (Fsp3) is 0.588. The van der Waals surface area contributed by atoms with E-state index in [2.05, 4.69) is 5.32 Å². The van der Waals surface area contributed by atoms with Crippen molar-refractivity contribution in [3.63, 3.8) is 0 Å². The lowest BCUT2D eigenvalue weighted by Gasteiger charge is -2.27. The molecule has 1 aromatic rings. The van der Waals surface area contributed by atoms with Crippen LogP contribution in [0.3, 0.4) is 0 Å². The van der Waals surface area contributed by atoms with E-state index in [-0.39, 0.29) is 36.0 Å². The van der Waals surface area contributed by atoms with E-state index in [0.29, 0.717) is 29.7 Å². The van der Waals surface area contributed by atoms with Crippen molar-refractivity contribution in [3.8, 4) is 0 Å². The summed E-state index contributed by atoms with van der Waals surface area (Å²) in [6.07, 6.45) is 3.73. The van der Waals surface area contributed by atoms with Crippen LogP contribution in [0.1, 0.15) is 25.7 Å². The molecule has 4 atom stereocenters. The Hall–Kier alpha value is -1.11. The quantitative estimate of drug-likeness (QED) is 0.744. The van der Waals surface area contributed by atoms with Crippen molar-refractivity contribution >= 4 is 28.2 Å². The average Bonchev–Trinajstić information content (AvgIpc) is 3.13. The minimum Gasteiger partial charge on any atom is -0.356 e. The molecule has 0 saturated heterocycles. The summed E-state index contributed by atoms with van der Waals surface area (Å²) in [4.78, 5) is 12.6. The molecule has 7 heteroatoms. The number of fused-ring (bicyclic) bond motifs is 2. The minimum atomic E-state index is -3.27. The first-order valence-electron chi connectivity index (χ1n) is 8.30. The molecule has 2 fully saturated rings. The Kier molecular flexibility index (Phi) is 6.28. The molecule has 5 nitrogen and oxygen atoms in total. The SMILES string of the molecule is Cl.NC1C2CCC(C2)C1C(=O)NCCCS(=O)(=O)c1ccccc1. The number of amides is 1. The highest BCUT2D eigenvalue weighted by atomic mass is 35.5. The fourth-order valence-corrected chi connectivity index (χ4v) is 5.39. The van der Waals surface area contributed by atoms with Crippen LogP contribution in [-0.2, 0) is 14.6 Å². The summed E-state index contributed by atoms with van der Waals surface area (Å²) in [6.45, 7) is 0.380. The molecule has 2 aliphatic rings. The van der Waals surface area contributed by atoms with Crippen LogP contribution < -0.4 is 11.1 Å². The van der Waals surface area contributed by atoms with Gasteiger partial charge in [0.1, 0.15) is 0 Å². The predicted octanol–water partition coefficient (Wildman–Crippen LogP) is 1.76. The van der Waals surface area contributed by atoms with Crippen LogP contribution >= 0.6 is 12.4 Å². The third-order valence-corrected chi connectivity index (χ3v) is 7.09. The number of nitrogens with one attached hydrogen (secondary N) is 1. The van der Waals surface area contributed by atoms with E-state index in [1.165, 1.54) is 0 Å². The maximum atomic E-state index is 12.3. The van der Waals surface area contributed by atoms with Crippen LogP contribution in [-0.4, -0.2) is 32.7 Å². The van der Waals surface area contributed by atoms with Gasteiger partial charge in [0.25, 0.3) is 0 Å². The van der Waals surface area contributed by atoms with Gasteiger partial charge in [-0.1, -0.05) is 18.2 Å². The van der Waals surface area contributed by atoms with Crippen LogP contribution in [0.15, 0.2) is 35.2 Å². The number of hydrogen-bond acceptors (Lipinski definition) is 4. The zero-order valence-corrected chi connectivity index (χ0v) is 15.2. The first kappa shape index (κ1) is 19.2. The van der Waals surface area contributed by atoms with E-state index in [0.717, 1.165) is 19.3 Å². The Morgan fingerprint density at radius 2 is 1.83 bits per heavy atom. The highest BCUT2D eigenvalue weighted by Gasteiger charge is 2.48. The maximum Gasteiger partial charge on any atom is 0.224 e. The summed E-state index contributed by atoms with van der Waals surface area (Å²) in [5, 5.41) is 2.88. The van der Waals surface area contributed by atoms with Crippen LogP contribution in [0.4, 0.5) is 0 Å².